The molecule has 2 rings (SSSR count). The summed E-state index contributed by atoms with van der Waals surface area (Å²) in [5.74, 6) is -0.270. The van der Waals surface area contributed by atoms with E-state index in [1.807, 2.05) is 38.1 Å². The predicted octanol–water partition coefficient (Wildman–Crippen LogP) is 2.72. The molecule has 0 spiro atoms. The van der Waals surface area contributed by atoms with Crippen molar-refractivity contribution < 1.29 is 9.59 Å². The first kappa shape index (κ1) is 15.0. The molecule has 1 N–H and O–H groups in total. The Bertz CT molecular complexity index is 518. The van der Waals surface area contributed by atoms with E-state index in [-0.39, 0.29) is 30.2 Å². The molecule has 0 aliphatic carbocycles. The molecule has 5 heteroatoms. The Morgan fingerprint density at radius 1 is 1.55 bits per heavy atom. The van der Waals surface area contributed by atoms with Crippen molar-refractivity contribution in [3.8, 4) is 0 Å². The zero-order valence-electron chi connectivity index (χ0n) is 11.7. The van der Waals surface area contributed by atoms with Gasteiger partial charge >= 0.3 is 0 Å². The van der Waals surface area contributed by atoms with Gasteiger partial charge in [0.1, 0.15) is 0 Å². The quantitative estimate of drug-likeness (QED) is 0.917. The van der Waals surface area contributed by atoms with Crippen LogP contribution < -0.4 is 10.2 Å². The molecule has 2 atom stereocenters. The minimum Gasteiger partial charge on any atom is -0.353 e. The smallest absolute Gasteiger partial charge is 0.227 e. The lowest BCUT2D eigenvalue weighted by atomic mass is 10.1. The summed E-state index contributed by atoms with van der Waals surface area (Å²) in [6.07, 6.45) is 1.18. The molecule has 0 saturated carbocycles. The van der Waals surface area contributed by atoms with Gasteiger partial charge in [-0.15, -0.1) is 0 Å². The van der Waals surface area contributed by atoms with E-state index in [1.165, 1.54) is 0 Å². The van der Waals surface area contributed by atoms with Crippen molar-refractivity contribution >= 4 is 33.4 Å². The number of hydrogen-bond donors (Lipinski definition) is 1. The van der Waals surface area contributed by atoms with Crippen LogP contribution in [0.25, 0.3) is 0 Å². The van der Waals surface area contributed by atoms with Gasteiger partial charge in [0, 0.05) is 29.2 Å². The van der Waals surface area contributed by atoms with Gasteiger partial charge in [-0.05, 0) is 31.5 Å². The summed E-state index contributed by atoms with van der Waals surface area (Å²) in [5.41, 5.74) is 0.836. The molecule has 1 aromatic carbocycles. The van der Waals surface area contributed by atoms with Gasteiger partial charge in [0.15, 0.2) is 0 Å². The topological polar surface area (TPSA) is 49.4 Å². The molecule has 108 valence electrons. The van der Waals surface area contributed by atoms with Crippen LogP contribution in [0.5, 0.6) is 0 Å². The molecular weight excluding hydrogens is 320 g/mol. The van der Waals surface area contributed by atoms with Crippen LogP contribution in [0, 0.1) is 5.92 Å². The number of nitrogens with one attached hydrogen (secondary N) is 1. The SMILES string of the molecule is CCC(C)NC(=O)C1CC(=O)N(c2cccc(Br)c2)C1. The van der Waals surface area contributed by atoms with Gasteiger partial charge in [-0.25, -0.2) is 0 Å². The monoisotopic (exact) mass is 338 g/mol. The Morgan fingerprint density at radius 3 is 2.95 bits per heavy atom. The Labute approximate surface area is 127 Å². The maximum absolute atomic E-state index is 12.1. The van der Waals surface area contributed by atoms with E-state index in [1.54, 1.807) is 4.90 Å². The van der Waals surface area contributed by atoms with Crippen molar-refractivity contribution in [1.29, 1.82) is 0 Å². The Balaban J connectivity index is 2.05. The van der Waals surface area contributed by atoms with E-state index in [0.29, 0.717) is 6.54 Å². The van der Waals surface area contributed by atoms with Crippen molar-refractivity contribution in [2.45, 2.75) is 32.7 Å². The highest BCUT2D eigenvalue weighted by Gasteiger charge is 2.35. The third-order valence-corrected chi connectivity index (χ3v) is 4.11. The highest BCUT2D eigenvalue weighted by Crippen LogP contribution is 2.27. The summed E-state index contributed by atoms with van der Waals surface area (Å²) in [7, 11) is 0. The summed E-state index contributed by atoms with van der Waals surface area (Å²) in [4.78, 5) is 25.9. The molecule has 0 aromatic heterocycles. The van der Waals surface area contributed by atoms with Crippen LogP contribution in [0.2, 0.25) is 0 Å². The number of halogens is 1. The van der Waals surface area contributed by atoms with Gasteiger partial charge in [-0.3, -0.25) is 9.59 Å². The number of amides is 2. The average Bonchev–Trinajstić information content (AvgIpc) is 2.80. The molecule has 2 unspecified atom stereocenters. The summed E-state index contributed by atoms with van der Waals surface area (Å²) in [6, 6.07) is 7.73. The number of carbonyl (C=O) groups is 2. The van der Waals surface area contributed by atoms with Gasteiger partial charge in [-0.2, -0.15) is 0 Å². The summed E-state index contributed by atoms with van der Waals surface area (Å²) in [6.45, 7) is 4.46. The van der Waals surface area contributed by atoms with E-state index in [0.717, 1.165) is 16.6 Å². The fourth-order valence-corrected chi connectivity index (χ4v) is 2.63. The van der Waals surface area contributed by atoms with Crippen LogP contribution in [0.3, 0.4) is 0 Å². The van der Waals surface area contributed by atoms with Crippen molar-refractivity contribution in [3.63, 3.8) is 0 Å². The van der Waals surface area contributed by atoms with Crippen LogP contribution in [0.4, 0.5) is 5.69 Å². The largest absolute Gasteiger partial charge is 0.353 e. The standard InChI is InChI=1S/C15H19BrN2O2/c1-3-10(2)17-15(20)11-7-14(19)18(9-11)13-6-4-5-12(16)8-13/h4-6,8,10-11H,3,7,9H2,1-2H3,(H,17,20). The Morgan fingerprint density at radius 2 is 2.30 bits per heavy atom. The maximum Gasteiger partial charge on any atom is 0.227 e. The van der Waals surface area contributed by atoms with Crippen LogP contribution in [0.1, 0.15) is 26.7 Å². The molecule has 0 radical (unpaired) electrons. The Kier molecular flexibility index (Phi) is 4.81. The molecule has 1 fully saturated rings. The number of hydrogen-bond acceptors (Lipinski definition) is 2. The lowest BCUT2D eigenvalue weighted by Gasteiger charge is -2.18. The zero-order chi connectivity index (χ0) is 14.7. The molecule has 1 aliphatic rings. The molecule has 2 amide bonds. The van der Waals surface area contributed by atoms with Gasteiger partial charge < -0.3 is 10.2 Å². The van der Waals surface area contributed by atoms with Gasteiger partial charge in [0.05, 0.1) is 5.92 Å². The molecule has 0 bridgehead atoms. The first-order chi connectivity index (χ1) is 9.51. The number of carbonyl (C=O) groups excluding carboxylic acids is 2. The maximum atomic E-state index is 12.1. The van der Waals surface area contributed by atoms with E-state index < -0.39 is 0 Å². The third-order valence-electron chi connectivity index (χ3n) is 3.62. The van der Waals surface area contributed by atoms with Gasteiger partial charge in [-0.1, -0.05) is 28.9 Å². The fraction of sp³-hybridized carbons (Fsp3) is 0.467. The average molecular weight is 339 g/mol. The minimum absolute atomic E-state index is 0.00685. The predicted molar refractivity (Wildman–Crippen MR) is 82.5 cm³/mol. The Hall–Kier alpha value is -1.36. The first-order valence-electron chi connectivity index (χ1n) is 6.87. The normalized spacial score (nSPS) is 20.1. The molecule has 1 heterocycles. The minimum atomic E-state index is -0.254. The molecule has 1 saturated heterocycles. The number of rotatable bonds is 4. The van der Waals surface area contributed by atoms with Crippen molar-refractivity contribution in [3.05, 3.63) is 28.7 Å². The van der Waals surface area contributed by atoms with Crippen LogP contribution in [-0.4, -0.2) is 24.4 Å². The highest BCUT2D eigenvalue weighted by molar-refractivity contribution is 9.10. The molecule has 4 nitrogen and oxygen atoms in total. The van der Waals surface area contributed by atoms with Gasteiger partial charge in [0.25, 0.3) is 0 Å². The summed E-state index contributed by atoms with van der Waals surface area (Å²) >= 11 is 3.40. The molecule has 1 aromatic rings. The summed E-state index contributed by atoms with van der Waals surface area (Å²) < 4.78 is 0.926. The van der Waals surface area contributed by atoms with E-state index in [9.17, 15) is 9.59 Å². The zero-order valence-corrected chi connectivity index (χ0v) is 13.3. The van der Waals surface area contributed by atoms with E-state index in [2.05, 4.69) is 21.2 Å². The van der Waals surface area contributed by atoms with Gasteiger partial charge in [0.2, 0.25) is 11.8 Å². The third kappa shape index (κ3) is 3.39. The fourth-order valence-electron chi connectivity index (χ4n) is 2.24. The lowest BCUT2D eigenvalue weighted by Crippen LogP contribution is -2.38. The second-order valence-corrected chi connectivity index (χ2v) is 6.12. The van der Waals surface area contributed by atoms with Crippen molar-refractivity contribution in [2.75, 3.05) is 11.4 Å². The van der Waals surface area contributed by atoms with Crippen LogP contribution >= 0.6 is 15.9 Å². The number of benzene rings is 1. The van der Waals surface area contributed by atoms with Crippen molar-refractivity contribution in [2.24, 2.45) is 5.92 Å². The second-order valence-electron chi connectivity index (χ2n) is 5.20. The summed E-state index contributed by atoms with van der Waals surface area (Å²) in [5, 5.41) is 2.95. The highest BCUT2D eigenvalue weighted by atomic mass is 79.9. The second kappa shape index (κ2) is 6.39. The van der Waals surface area contributed by atoms with Crippen molar-refractivity contribution in [1.82, 2.24) is 5.32 Å². The van der Waals surface area contributed by atoms with E-state index >= 15 is 0 Å². The molecule has 20 heavy (non-hydrogen) atoms. The lowest BCUT2D eigenvalue weighted by molar-refractivity contribution is -0.126. The molecular formula is C15H19BrN2O2. The number of anilines is 1. The van der Waals surface area contributed by atoms with Crippen LogP contribution in [0.15, 0.2) is 28.7 Å². The number of nitrogens with zero attached hydrogens (tertiary/aromatic N) is 1. The first-order valence-corrected chi connectivity index (χ1v) is 7.67. The molecule has 1 aliphatic heterocycles. The van der Waals surface area contributed by atoms with Crippen LogP contribution in [-0.2, 0) is 9.59 Å². The van der Waals surface area contributed by atoms with E-state index in [4.69, 9.17) is 0 Å².